The van der Waals surface area contributed by atoms with Crippen LogP contribution in [0.2, 0.25) is 0 Å². The molecule has 0 amide bonds. The Kier molecular flexibility index (Phi) is 2.14. The van der Waals surface area contributed by atoms with Crippen LogP contribution in [0.1, 0.15) is 38.5 Å². The first-order valence-corrected chi connectivity index (χ1v) is 5.95. The van der Waals surface area contributed by atoms with Crippen LogP contribution in [0.5, 0.6) is 0 Å². The van der Waals surface area contributed by atoms with Gasteiger partial charge in [-0.25, -0.2) is 4.79 Å². The molecule has 1 unspecified atom stereocenters. The summed E-state index contributed by atoms with van der Waals surface area (Å²) < 4.78 is 43.0. The van der Waals surface area contributed by atoms with Crippen LogP contribution in [0.3, 0.4) is 0 Å². The SMILES string of the molecule is O=C1OC(C(F)(F)F)C2=C1CC21CCCCC1. The first-order valence-electron chi connectivity index (χ1n) is 5.95. The molecule has 1 atom stereocenters. The molecule has 0 saturated heterocycles. The van der Waals surface area contributed by atoms with Crippen molar-refractivity contribution in [1.29, 1.82) is 0 Å². The molecule has 94 valence electrons. The average molecular weight is 246 g/mol. The van der Waals surface area contributed by atoms with E-state index >= 15 is 0 Å². The van der Waals surface area contributed by atoms with E-state index in [0.29, 0.717) is 12.0 Å². The number of hydrogen-bond donors (Lipinski definition) is 0. The minimum absolute atomic E-state index is 0.259. The zero-order valence-electron chi connectivity index (χ0n) is 9.27. The van der Waals surface area contributed by atoms with Gasteiger partial charge in [0.25, 0.3) is 0 Å². The molecule has 0 bridgehead atoms. The van der Waals surface area contributed by atoms with E-state index in [9.17, 15) is 18.0 Å². The maximum absolute atomic E-state index is 12.8. The minimum Gasteiger partial charge on any atom is -0.445 e. The Morgan fingerprint density at radius 1 is 1.18 bits per heavy atom. The van der Waals surface area contributed by atoms with Crippen LogP contribution in [0.25, 0.3) is 0 Å². The van der Waals surface area contributed by atoms with Gasteiger partial charge in [-0.3, -0.25) is 0 Å². The molecule has 1 fully saturated rings. The van der Waals surface area contributed by atoms with E-state index in [0.717, 1.165) is 32.1 Å². The smallest absolute Gasteiger partial charge is 0.429 e. The fraction of sp³-hybridized carbons (Fsp3) is 0.750. The summed E-state index contributed by atoms with van der Waals surface area (Å²) in [4.78, 5) is 11.3. The number of cyclic esters (lactones) is 1. The van der Waals surface area contributed by atoms with Gasteiger partial charge >= 0.3 is 12.1 Å². The molecule has 1 aliphatic heterocycles. The second-order valence-electron chi connectivity index (χ2n) is 5.24. The second kappa shape index (κ2) is 3.27. The number of ether oxygens (including phenoxy) is 1. The second-order valence-corrected chi connectivity index (χ2v) is 5.24. The van der Waals surface area contributed by atoms with Crippen molar-refractivity contribution in [3.8, 4) is 0 Å². The lowest BCUT2D eigenvalue weighted by Gasteiger charge is -2.46. The molecule has 0 radical (unpaired) electrons. The molecule has 3 rings (SSSR count). The van der Waals surface area contributed by atoms with Gasteiger partial charge in [-0.05, 0) is 24.8 Å². The lowest BCUT2D eigenvalue weighted by molar-refractivity contribution is -0.205. The van der Waals surface area contributed by atoms with Crippen LogP contribution in [0.4, 0.5) is 13.2 Å². The van der Waals surface area contributed by atoms with Crippen molar-refractivity contribution in [1.82, 2.24) is 0 Å². The molecule has 3 aliphatic rings. The van der Waals surface area contributed by atoms with Gasteiger partial charge in [0, 0.05) is 11.0 Å². The number of rotatable bonds is 0. The molecule has 17 heavy (non-hydrogen) atoms. The van der Waals surface area contributed by atoms with Crippen molar-refractivity contribution in [3.05, 3.63) is 11.1 Å². The Bertz CT molecular complexity index is 402. The van der Waals surface area contributed by atoms with Crippen molar-refractivity contribution in [2.75, 3.05) is 0 Å². The molecule has 1 saturated carbocycles. The third-order valence-electron chi connectivity index (χ3n) is 4.25. The molecule has 1 spiro atoms. The lowest BCUT2D eigenvalue weighted by atomic mass is 9.56. The highest BCUT2D eigenvalue weighted by Gasteiger charge is 2.62. The molecule has 0 aromatic carbocycles. The van der Waals surface area contributed by atoms with E-state index in [1.807, 2.05) is 0 Å². The van der Waals surface area contributed by atoms with Crippen LogP contribution in [-0.2, 0) is 9.53 Å². The zero-order valence-corrected chi connectivity index (χ0v) is 9.27. The van der Waals surface area contributed by atoms with Gasteiger partial charge in [-0.1, -0.05) is 19.3 Å². The fourth-order valence-corrected chi connectivity index (χ4v) is 3.50. The number of fused-ring (bicyclic) bond motifs is 1. The van der Waals surface area contributed by atoms with E-state index in [1.165, 1.54) is 0 Å². The third kappa shape index (κ3) is 1.44. The van der Waals surface area contributed by atoms with Crippen molar-refractivity contribution < 1.29 is 22.7 Å². The third-order valence-corrected chi connectivity index (χ3v) is 4.25. The maximum atomic E-state index is 12.8. The van der Waals surface area contributed by atoms with Crippen LogP contribution < -0.4 is 0 Å². The summed E-state index contributed by atoms with van der Waals surface area (Å²) >= 11 is 0. The summed E-state index contributed by atoms with van der Waals surface area (Å²) in [7, 11) is 0. The molecule has 2 nitrogen and oxygen atoms in total. The highest BCUT2D eigenvalue weighted by atomic mass is 19.4. The van der Waals surface area contributed by atoms with E-state index in [4.69, 9.17) is 0 Å². The van der Waals surface area contributed by atoms with Crippen molar-refractivity contribution >= 4 is 5.97 Å². The largest absolute Gasteiger partial charge is 0.445 e. The minimum atomic E-state index is -4.46. The van der Waals surface area contributed by atoms with Gasteiger partial charge in [-0.15, -0.1) is 0 Å². The van der Waals surface area contributed by atoms with Crippen LogP contribution in [0, 0.1) is 5.41 Å². The molecule has 2 aliphatic carbocycles. The monoisotopic (exact) mass is 246 g/mol. The lowest BCUT2D eigenvalue weighted by Crippen LogP contribution is -2.43. The van der Waals surface area contributed by atoms with E-state index < -0.39 is 18.2 Å². The van der Waals surface area contributed by atoms with Gasteiger partial charge < -0.3 is 4.74 Å². The topological polar surface area (TPSA) is 26.3 Å². The Morgan fingerprint density at radius 2 is 1.82 bits per heavy atom. The Labute approximate surface area is 96.8 Å². The fourth-order valence-electron chi connectivity index (χ4n) is 3.50. The van der Waals surface area contributed by atoms with E-state index in [1.54, 1.807) is 0 Å². The molecule has 1 heterocycles. The van der Waals surface area contributed by atoms with Crippen molar-refractivity contribution in [3.63, 3.8) is 0 Å². The van der Waals surface area contributed by atoms with Crippen molar-refractivity contribution in [2.24, 2.45) is 5.41 Å². The first kappa shape index (κ1) is 11.1. The normalized spacial score (nSPS) is 31.2. The molecule has 0 aromatic heterocycles. The summed E-state index contributed by atoms with van der Waals surface area (Å²) in [6, 6.07) is 0. The average Bonchev–Trinajstić information content (AvgIpc) is 2.53. The zero-order chi connectivity index (χ0) is 12.3. The number of carbonyl (C=O) groups is 1. The van der Waals surface area contributed by atoms with Crippen LogP contribution in [-0.4, -0.2) is 18.2 Å². The predicted octanol–water partition coefficient (Wildman–Crippen LogP) is 3.12. The van der Waals surface area contributed by atoms with Gasteiger partial charge in [-0.2, -0.15) is 13.2 Å². The highest BCUT2D eigenvalue weighted by molar-refractivity contribution is 5.95. The number of halogens is 3. The van der Waals surface area contributed by atoms with Crippen LogP contribution >= 0.6 is 0 Å². The summed E-state index contributed by atoms with van der Waals surface area (Å²) in [5.41, 5.74) is 0.184. The predicted molar refractivity (Wildman–Crippen MR) is 53.1 cm³/mol. The quantitative estimate of drug-likeness (QED) is 0.614. The molecular weight excluding hydrogens is 233 g/mol. The Balaban J connectivity index is 1.95. The molecule has 0 aromatic rings. The Hall–Kier alpha value is -1.00. The van der Waals surface area contributed by atoms with E-state index in [2.05, 4.69) is 4.74 Å². The van der Waals surface area contributed by atoms with Gasteiger partial charge in [0.1, 0.15) is 0 Å². The first-order chi connectivity index (χ1) is 7.94. The summed E-state index contributed by atoms with van der Waals surface area (Å²) in [6.45, 7) is 0. The maximum Gasteiger partial charge on any atom is 0.429 e. The summed E-state index contributed by atoms with van der Waals surface area (Å²) in [5.74, 6) is -0.751. The van der Waals surface area contributed by atoms with Crippen LogP contribution in [0.15, 0.2) is 11.1 Å². The number of hydrogen-bond acceptors (Lipinski definition) is 2. The number of alkyl halides is 3. The van der Waals surface area contributed by atoms with E-state index in [-0.39, 0.29) is 11.0 Å². The highest BCUT2D eigenvalue weighted by Crippen LogP contribution is 2.61. The summed E-state index contributed by atoms with van der Waals surface area (Å²) in [5, 5.41) is 0. The number of carbonyl (C=O) groups excluding carboxylic acids is 1. The van der Waals surface area contributed by atoms with Gasteiger partial charge in [0.05, 0.1) is 0 Å². The Morgan fingerprint density at radius 3 is 2.41 bits per heavy atom. The summed E-state index contributed by atoms with van der Waals surface area (Å²) in [6.07, 6.45) is -1.40. The molecular formula is C12H13F3O2. The molecule has 0 N–H and O–H groups in total. The molecule has 5 heteroatoms. The van der Waals surface area contributed by atoms with Gasteiger partial charge in [0.15, 0.2) is 0 Å². The number of esters is 1. The van der Waals surface area contributed by atoms with Gasteiger partial charge in [0.2, 0.25) is 6.10 Å². The standard InChI is InChI=1S/C12H13F3O2/c13-12(14,15)9-8-7(10(16)17-9)6-11(8)4-2-1-3-5-11/h9H,1-6H2. The van der Waals surface area contributed by atoms with Crippen molar-refractivity contribution in [2.45, 2.75) is 50.8 Å².